The third-order valence-electron chi connectivity index (χ3n) is 9.15. The smallest absolute Gasteiger partial charge is 0.410 e. The molecule has 0 spiro atoms. The molecule has 6 nitrogen and oxygen atoms in total. The van der Waals surface area contributed by atoms with Crippen LogP contribution in [0.3, 0.4) is 0 Å². The average Bonchev–Trinajstić information content (AvgIpc) is 3.11. The lowest BCUT2D eigenvalue weighted by molar-refractivity contribution is 0.0204. The molecular formula is C41H45ClF6N2O4. The lowest BCUT2D eigenvalue weighted by atomic mass is 9.87. The van der Waals surface area contributed by atoms with Gasteiger partial charge in [-0.1, -0.05) is 48.5 Å². The number of ether oxygens (including phenoxy) is 3. The zero-order valence-electron chi connectivity index (χ0n) is 30.4. The van der Waals surface area contributed by atoms with Crippen molar-refractivity contribution >= 4 is 18.5 Å². The molecule has 0 unspecified atom stereocenters. The normalized spacial score (nSPS) is 15.1. The van der Waals surface area contributed by atoms with E-state index in [0.717, 1.165) is 61.0 Å². The second kappa shape index (κ2) is 19.3. The van der Waals surface area contributed by atoms with Gasteiger partial charge in [-0.3, -0.25) is 0 Å². The van der Waals surface area contributed by atoms with E-state index < -0.39 is 52.0 Å². The van der Waals surface area contributed by atoms with Crippen LogP contribution in [0.2, 0.25) is 0 Å². The Morgan fingerprint density at radius 1 is 0.667 bits per heavy atom. The van der Waals surface area contributed by atoms with Crippen LogP contribution in [0.25, 0.3) is 0 Å². The Balaban J connectivity index is 0.000000244. The second-order valence-electron chi connectivity index (χ2n) is 14.1. The summed E-state index contributed by atoms with van der Waals surface area (Å²) in [5, 5.41) is 3.32. The third kappa shape index (κ3) is 11.5. The molecule has 0 saturated carbocycles. The van der Waals surface area contributed by atoms with E-state index in [4.69, 9.17) is 14.2 Å². The molecule has 2 fully saturated rings. The van der Waals surface area contributed by atoms with Gasteiger partial charge in [-0.2, -0.15) is 0 Å². The van der Waals surface area contributed by atoms with Crippen LogP contribution in [-0.2, 0) is 18.0 Å². The number of piperidine rings is 2. The first-order valence-electron chi connectivity index (χ1n) is 17.7. The molecule has 2 aliphatic heterocycles. The Bertz CT molecular complexity index is 1810. The highest BCUT2D eigenvalue weighted by Crippen LogP contribution is 2.33. The molecule has 13 heteroatoms. The minimum absolute atomic E-state index is 0. The first kappa shape index (κ1) is 42.3. The van der Waals surface area contributed by atoms with Crippen molar-refractivity contribution in [1.29, 1.82) is 0 Å². The van der Waals surface area contributed by atoms with Crippen molar-refractivity contribution in [3.63, 3.8) is 0 Å². The van der Waals surface area contributed by atoms with Crippen LogP contribution in [0.15, 0.2) is 72.8 Å². The van der Waals surface area contributed by atoms with Crippen molar-refractivity contribution in [1.82, 2.24) is 10.2 Å². The fraction of sp³-hybridized carbons (Fsp3) is 0.390. The summed E-state index contributed by atoms with van der Waals surface area (Å²) < 4.78 is 97.1. The van der Waals surface area contributed by atoms with Crippen LogP contribution in [-0.4, -0.2) is 42.8 Å². The van der Waals surface area contributed by atoms with Gasteiger partial charge in [0.2, 0.25) is 0 Å². The van der Waals surface area contributed by atoms with Gasteiger partial charge in [0.1, 0.15) is 30.4 Å². The Hall–Kier alpha value is -4.42. The van der Waals surface area contributed by atoms with Crippen molar-refractivity contribution < 1.29 is 45.3 Å². The van der Waals surface area contributed by atoms with Gasteiger partial charge in [0, 0.05) is 37.4 Å². The van der Waals surface area contributed by atoms with Crippen molar-refractivity contribution in [2.75, 3.05) is 26.2 Å². The summed E-state index contributed by atoms with van der Waals surface area (Å²) in [5.41, 5.74) is 3.34. The molecule has 0 atom stereocenters. The molecule has 0 aliphatic carbocycles. The first-order valence-corrected chi connectivity index (χ1v) is 17.7. The fourth-order valence-electron chi connectivity index (χ4n) is 6.59. The minimum atomic E-state index is -1.07. The van der Waals surface area contributed by atoms with Gasteiger partial charge in [-0.05, 0) is 93.6 Å². The largest absolute Gasteiger partial charge is 0.483 e. The molecule has 1 amide bonds. The van der Waals surface area contributed by atoms with E-state index in [0.29, 0.717) is 43.3 Å². The van der Waals surface area contributed by atoms with Crippen LogP contribution >= 0.6 is 12.4 Å². The summed E-state index contributed by atoms with van der Waals surface area (Å²) in [4.78, 5) is 14.0. The summed E-state index contributed by atoms with van der Waals surface area (Å²) in [6.07, 6.45) is 3.22. The molecule has 2 heterocycles. The van der Waals surface area contributed by atoms with Gasteiger partial charge in [-0.25, -0.2) is 31.1 Å². The Labute approximate surface area is 318 Å². The van der Waals surface area contributed by atoms with E-state index >= 15 is 0 Å². The zero-order chi connectivity index (χ0) is 38.1. The highest BCUT2D eigenvalue weighted by atomic mass is 35.5. The summed E-state index contributed by atoms with van der Waals surface area (Å²) in [5.74, 6) is -6.67. The third-order valence-corrected chi connectivity index (χ3v) is 9.15. The number of rotatable bonds is 8. The second-order valence-corrected chi connectivity index (χ2v) is 14.1. The fourth-order valence-corrected chi connectivity index (χ4v) is 6.59. The van der Waals surface area contributed by atoms with Crippen LogP contribution in [0.5, 0.6) is 11.5 Å². The molecule has 4 aromatic carbocycles. The van der Waals surface area contributed by atoms with Crippen molar-refractivity contribution in [2.45, 2.75) is 77.1 Å². The predicted molar refractivity (Wildman–Crippen MR) is 196 cm³/mol. The number of benzene rings is 4. The molecule has 4 aromatic rings. The van der Waals surface area contributed by atoms with Gasteiger partial charge in [-0.15, -0.1) is 12.4 Å². The van der Waals surface area contributed by atoms with Crippen LogP contribution in [0.1, 0.15) is 80.5 Å². The van der Waals surface area contributed by atoms with E-state index in [9.17, 15) is 31.1 Å². The van der Waals surface area contributed by atoms with Crippen molar-refractivity contribution in [3.05, 3.63) is 130 Å². The number of carbonyl (C=O) groups is 1. The molecular weight excluding hydrogens is 734 g/mol. The summed E-state index contributed by atoms with van der Waals surface area (Å²) >= 11 is 0. The predicted octanol–water partition coefficient (Wildman–Crippen LogP) is 10.4. The molecule has 1 N–H and O–H groups in total. The number of nitrogens with one attached hydrogen (secondary N) is 1. The maximum atomic E-state index is 13.9. The Kier molecular flexibility index (Phi) is 15.1. The van der Waals surface area contributed by atoms with Crippen LogP contribution in [0.4, 0.5) is 31.1 Å². The number of halogens is 7. The van der Waals surface area contributed by atoms with Crippen molar-refractivity contribution in [3.8, 4) is 11.5 Å². The first-order chi connectivity index (χ1) is 25.3. The molecule has 0 radical (unpaired) electrons. The minimum Gasteiger partial charge on any atom is -0.483 e. The van der Waals surface area contributed by atoms with E-state index in [1.165, 1.54) is 0 Å². The SMILES string of the molecule is CC(C)(C)OC(=O)N1CCC(c2ccccc2COc2c(F)cc(F)cc2F)CC1.Cl.Fc1cc(F)c(OCc2ccccc2C2CCNCC2)c(F)c1. The molecule has 0 bridgehead atoms. The quantitative estimate of drug-likeness (QED) is 0.181. The monoisotopic (exact) mass is 778 g/mol. The molecule has 292 valence electrons. The highest BCUT2D eigenvalue weighted by molar-refractivity contribution is 5.85. The average molecular weight is 779 g/mol. The van der Waals surface area contributed by atoms with Gasteiger partial charge in [0.25, 0.3) is 0 Å². The van der Waals surface area contributed by atoms with E-state index in [1.807, 2.05) is 69.3 Å². The lowest BCUT2D eigenvalue weighted by Gasteiger charge is -2.34. The highest BCUT2D eigenvalue weighted by Gasteiger charge is 2.28. The number of carbonyl (C=O) groups excluding carboxylic acids is 1. The number of amides is 1. The summed E-state index contributed by atoms with van der Waals surface area (Å²) in [7, 11) is 0. The maximum Gasteiger partial charge on any atom is 0.410 e. The van der Waals surface area contributed by atoms with Gasteiger partial charge in [0.05, 0.1) is 0 Å². The van der Waals surface area contributed by atoms with Crippen molar-refractivity contribution in [2.24, 2.45) is 0 Å². The molecule has 54 heavy (non-hydrogen) atoms. The summed E-state index contributed by atoms with van der Waals surface area (Å²) in [6.45, 7) is 8.57. The molecule has 6 rings (SSSR count). The number of hydrogen-bond acceptors (Lipinski definition) is 5. The van der Waals surface area contributed by atoms with E-state index in [1.54, 1.807) is 4.90 Å². The summed E-state index contributed by atoms with van der Waals surface area (Å²) in [6, 6.07) is 17.7. The van der Waals surface area contributed by atoms with E-state index in [-0.39, 0.29) is 37.6 Å². The van der Waals surface area contributed by atoms with Crippen LogP contribution in [0, 0.1) is 34.9 Å². The van der Waals surface area contributed by atoms with E-state index in [2.05, 4.69) is 5.32 Å². The topological polar surface area (TPSA) is 60.0 Å². The Morgan fingerprint density at radius 3 is 1.46 bits per heavy atom. The number of likely N-dealkylation sites (tertiary alicyclic amines) is 1. The molecule has 2 saturated heterocycles. The Morgan fingerprint density at radius 2 is 1.06 bits per heavy atom. The lowest BCUT2D eigenvalue weighted by Crippen LogP contribution is -2.41. The molecule has 2 aliphatic rings. The zero-order valence-corrected chi connectivity index (χ0v) is 31.2. The van der Waals surface area contributed by atoms with Gasteiger partial charge in [0.15, 0.2) is 34.8 Å². The van der Waals surface area contributed by atoms with Gasteiger partial charge < -0.3 is 24.4 Å². The van der Waals surface area contributed by atoms with Crippen LogP contribution < -0.4 is 14.8 Å². The molecule has 0 aromatic heterocycles. The van der Waals surface area contributed by atoms with Gasteiger partial charge >= 0.3 is 6.09 Å². The maximum absolute atomic E-state index is 13.9. The number of hydrogen-bond donors (Lipinski definition) is 1. The standard InChI is InChI=1S/C23H26F3NO3.C18H18F3NO.ClH/c1-23(2,3)30-22(28)27-10-8-15(9-11-27)18-7-5-4-6-16(18)14-29-21-19(25)12-17(24)13-20(21)26;19-14-9-16(20)18(17(21)10-14)23-11-13-3-1-2-4-15(13)12-5-7-22-8-6-12;/h4-7,12-13,15H,8-11,14H2,1-3H3;1-4,9-10,12,22H,5-8,11H2;1H. The number of nitrogens with zero attached hydrogens (tertiary/aromatic N) is 1.